The Hall–Kier alpha value is -1.09. The van der Waals surface area contributed by atoms with Gasteiger partial charge in [-0.1, -0.05) is 0 Å². The van der Waals surface area contributed by atoms with Crippen LogP contribution >= 0.6 is 0 Å². The number of rotatable bonds is 3. The third-order valence-corrected chi connectivity index (χ3v) is 2.74. The molecule has 1 N–H and O–H groups in total. The summed E-state index contributed by atoms with van der Waals surface area (Å²) in [6.45, 7) is 4.87. The minimum atomic E-state index is 0.640. The standard InChI is InChI=1S/C12H18N2O/c1-10-4-5-13-12(7-10)14-8-11-3-2-6-15-9-11/h4-5,7,11H,2-3,6,8-9H2,1H3,(H,13,14). The molecule has 0 radical (unpaired) electrons. The molecule has 0 aromatic carbocycles. The third-order valence-electron chi connectivity index (χ3n) is 2.74. The Morgan fingerprint density at radius 3 is 3.27 bits per heavy atom. The highest BCUT2D eigenvalue weighted by molar-refractivity contribution is 5.36. The first-order valence-electron chi connectivity index (χ1n) is 5.59. The van der Waals surface area contributed by atoms with Crippen LogP contribution in [0.15, 0.2) is 18.3 Å². The molecule has 1 aromatic heterocycles. The number of hydrogen-bond donors (Lipinski definition) is 1. The van der Waals surface area contributed by atoms with Crippen LogP contribution in [0.3, 0.4) is 0 Å². The topological polar surface area (TPSA) is 34.2 Å². The van der Waals surface area contributed by atoms with Crippen LogP contribution in [0.2, 0.25) is 0 Å². The fraction of sp³-hybridized carbons (Fsp3) is 0.583. The van der Waals surface area contributed by atoms with E-state index in [1.165, 1.54) is 18.4 Å². The first-order chi connectivity index (χ1) is 7.34. The Balaban J connectivity index is 1.81. The molecule has 1 fully saturated rings. The zero-order chi connectivity index (χ0) is 10.5. The molecular weight excluding hydrogens is 188 g/mol. The van der Waals surface area contributed by atoms with Crippen LogP contribution < -0.4 is 5.32 Å². The molecule has 1 saturated heterocycles. The van der Waals surface area contributed by atoms with Crippen molar-refractivity contribution in [3.8, 4) is 0 Å². The van der Waals surface area contributed by atoms with Gasteiger partial charge in [-0.05, 0) is 43.4 Å². The maximum absolute atomic E-state index is 5.43. The minimum Gasteiger partial charge on any atom is -0.381 e. The summed E-state index contributed by atoms with van der Waals surface area (Å²) in [5, 5.41) is 3.36. The van der Waals surface area contributed by atoms with Crippen LogP contribution in [0, 0.1) is 12.8 Å². The van der Waals surface area contributed by atoms with Crippen LogP contribution in [0.1, 0.15) is 18.4 Å². The lowest BCUT2D eigenvalue weighted by molar-refractivity contribution is 0.0595. The van der Waals surface area contributed by atoms with Gasteiger partial charge in [-0.25, -0.2) is 4.98 Å². The van der Waals surface area contributed by atoms with Crippen molar-refractivity contribution >= 4 is 5.82 Å². The van der Waals surface area contributed by atoms with Gasteiger partial charge in [-0.2, -0.15) is 0 Å². The van der Waals surface area contributed by atoms with Crippen LogP contribution in [0.5, 0.6) is 0 Å². The molecule has 0 amide bonds. The Kier molecular flexibility index (Phi) is 3.56. The van der Waals surface area contributed by atoms with Gasteiger partial charge in [-0.15, -0.1) is 0 Å². The molecule has 3 heteroatoms. The van der Waals surface area contributed by atoms with E-state index < -0.39 is 0 Å². The van der Waals surface area contributed by atoms with Gasteiger partial charge >= 0.3 is 0 Å². The van der Waals surface area contributed by atoms with E-state index in [0.29, 0.717) is 5.92 Å². The molecule has 2 heterocycles. The lowest BCUT2D eigenvalue weighted by atomic mass is 10.0. The second kappa shape index (κ2) is 5.12. The van der Waals surface area contributed by atoms with Gasteiger partial charge in [0, 0.05) is 19.3 Å². The van der Waals surface area contributed by atoms with Crippen molar-refractivity contribution in [2.75, 3.05) is 25.1 Å². The molecule has 82 valence electrons. The quantitative estimate of drug-likeness (QED) is 0.823. The molecule has 1 unspecified atom stereocenters. The van der Waals surface area contributed by atoms with E-state index in [9.17, 15) is 0 Å². The van der Waals surface area contributed by atoms with Gasteiger partial charge in [0.1, 0.15) is 5.82 Å². The van der Waals surface area contributed by atoms with Crippen molar-refractivity contribution in [2.45, 2.75) is 19.8 Å². The van der Waals surface area contributed by atoms with E-state index in [2.05, 4.69) is 23.3 Å². The zero-order valence-corrected chi connectivity index (χ0v) is 9.20. The lowest BCUT2D eigenvalue weighted by Gasteiger charge is -2.22. The molecule has 1 aliphatic heterocycles. The highest BCUT2D eigenvalue weighted by Crippen LogP contribution is 2.14. The maximum Gasteiger partial charge on any atom is 0.126 e. The Labute approximate surface area is 90.9 Å². The SMILES string of the molecule is Cc1ccnc(NCC2CCCOC2)c1. The van der Waals surface area contributed by atoms with E-state index in [4.69, 9.17) is 4.74 Å². The highest BCUT2D eigenvalue weighted by Gasteiger charge is 2.13. The zero-order valence-electron chi connectivity index (χ0n) is 9.20. The number of hydrogen-bond acceptors (Lipinski definition) is 3. The summed E-state index contributed by atoms with van der Waals surface area (Å²) in [4.78, 5) is 4.27. The molecule has 0 aliphatic carbocycles. The summed E-state index contributed by atoms with van der Waals surface area (Å²) in [6, 6.07) is 4.08. The van der Waals surface area contributed by atoms with Crippen LogP contribution in [0.25, 0.3) is 0 Å². The maximum atomic E-state index is 5.43. The summed E-state index contributed by atoms with van der Waals surface area (Å²) < 4.78 is 5.43. The summed E-state index contributed by atoms with van der Waals surface area (Å²) in [5.41, 5.74) is 1.24. The first-order valence-corrected chi connectivity index (χ1v) is 5.59. The predicted molar refractivity (Wildman–Crippen MR) is 61.0 cm³/mol. The summed E-state index contributed by atoms with van der Waals surface area (Å²) in [6.07, 6.45) is 4.29. The lowest BCUT2D eigenvalue weighted by Crippen LogP contribution is -2.24. The van der Waals surface area contributed by atoms with Gasteiger partial charge in [-0.3, -0.25) is 0 Å². The van der Waals surface area contributed by atoms with Gasteiger partial charge < -0.3 is 10.1 Å². The highest BCUT2D eigenvalue weighted by atomic mass is 16.5. The van der Waals surface area contributed by atoms with Crippen molar-refractivity contribution in [1.29, 1.82) is 0 Å². The number of ether oxygens (including phenoxy) is 1. The van der Waals surface area contributed by atoms with E-state index in [1.54, 1.807) is 0 Å². The second-order valence-corrected chi connectivity index (χ2v) is 4.18. The Bertz CT molecular complexity index is 308. The summed E-state index contributed by atoms with van der Waals surface area (Å²) in [5.74, 6) is 1.61. The van der Waals surface area contributed by atoms with E-state index in [1.807, 2.05) is 12.3 Å². The predicted octanol–water partition coefficient (Wildman–Crippen LogP) is 2.23. The summed E-state index contributed by atoms with van der Waals surface area (Å²) in [7, 11) is 0. The molecular formula is C12H18N2O. The normalized spacial score (nSPS) is 21.3. The third kappa shape index (κ3) is 3.20. The van der Waals surface area contributed by atoms with Crippen molar-refractivity contribution in [3.63, 3.8) is 0 Å². The van der Waals surface area contributed by atoms with Crippen molar-refractivity contribution in [2.24, 2.45) is 5.92 Å². The summed E-state index contributed by atoms with van der Waals surface area (Å²) >= 11 is 0. The molecule has 3 nitrogen and oxygen atoms in total. The number of pyridine rings is 1. The molecule has 2 rings (SSSR count). The largest absolute Gasteiger partial charge is 0.381 e. The molecule has 15 heavy (non-hydrogen) atoms. The average Bonchev–Trinajstić information content (AvgIpc) is 2.28. The molecule has 1 atom stereocenters. The number of nitrogens with one attached hydrogen (secondary N) is 1. The van der Waals surface area contributed by atoms with Gasteiger partial charge in [0.25, 0.3) is 0 Å². The molecule has 1 aromatic rings. The number of nitrogens with zero attached hydrogens (tertiary/aromatic N) is 1. The minimum absolute atomic E-state index is 0.640. The molecule has 1 aliphatic rings. The van der Waals surface area contributed by atoms with E-state index in [-0.39, 0.29) is 0 Å². The smallest absolute Gasteiger partial charge is 0.126 e. The van der Waals surface area contributed by atoms with Crippen molar-refractivity contribution in [1.82, 2.24) is 4.98 Å². The number of aromatic nitrogens is 1. The van der Waals surface area contributed by atoms with Crippen molar-refractivity contribution in [3.05, 3.63) is 23.9 Å². The molecule has 0 saturated carbocycles. The molecule has 0 spiro atoms. The average molecular weight is 206 g/mol. The van der Waals surface area contributed by atoms with Gasteiger partial charge in [0.05, 0.1) is 6.61 Å². The number of anilines is 1. The van der Waals surface area contributed by atoms with Gasteiger partial charge in [0.2, 0.25) is 0 Å². The van der Waals surface area contributed by atoms with Crippen LogP contribution in [-0.4, -0.2) is 24.7 Å². The second-order valence-electron chi connectivity index (χ2n) is 4.18. The Morgan fingerprint density at radius 2 is 2.53 bits per heavy atom. The van der Waals surface area contributed by atoms with Crippen LogP contribution in [0.4, 0.5) is 5.82 Å². The fourth-order valence-corrected chi connectivity index (χ4v) is 1.85. The monoisotopic (exact) mass is 206 g/mol. The Morgan fingerprint density at radius 1 is 1.60 bits per heavy atom. The molecule has 0 bridgehead atoms. The van der Waals surface area contributed by atoms with Crippen molar-refractivity contribution < 1.29 is 4.74 Å². The first kappa shape index (κ1) is 10.4. The van der Waals surface area contributed by atoms with Crippen LogP contribution in [-0.2, 0) is 4.74 Å². The van der Waals surface area contributed by atoms with Gasteiger partial charge in [0.15, 0.2) is 0 Å². The number of aryl methyl sites for hydroxylation is 1. The van der Waals surface area contributed by atoms with E-state index >= 15 is 0 Å². The van der Waals surface area contributed by atoms with E-state index in [0.717, 1.165) is 25.6 Å². The fourth-order valence-electron chi connectivity index (χ4n) is 1.85.